The van der Waals surface area contributed by atoms with Gasteiger partial charge in [-0.15, -0.1) is 5.10 Å². The number of alkyl halides is 3. The van der Waals surface area contributed by atoms with Crippen LogP contribution >= 0.6 is 23.4 Å². The summed E-state index contributed by atoms with van der Waals surface area (Å²) in [5.74, 6) is -0.646. The zero-order valence-electron chi connectivity index (χ0n) is 15.1. The second-order valence-electron chi connectivity index (χ2n) is 5.92. The van der Waals surface area contributed by atoms with Crippen LogP contribution in [-0.2, 0) is 17.4 Å². The van der Waals surface area contributed by atoms with E-state index in [0.29, 0.717) is 5.16 Å². The fourth-order valence-corrected chi connectivity index (χ4v) is 3.27. The van der Waals surface area contributed by atoms with Crippen molar-refractivity contribution in [2.75, 3.05) is 11.1 Å². The molecule has 152 valence electrons. The average molecular weight is 442 g/mol. The Bertz CT molecular complexity index is 1010. The highest BCUT2D eigenvalue weighted by molar-refractivity contribution is 7.99. The lowest BCUT2D eigenvalue weighted by atomic mass is 10.1. The van der Waals surface area contributed by atoms with Crippen LogP contribution in [0.3, 0.4) is 0 Å². The number of anilines is 1. The molecule has 0 fully saturated rings. The molecule has 0 saturated carbocycles. The lowest BCUT2D eigenvalue weighted by Crippen LogP contribution is -2.16. The number of nitrogens with one attached hydrogen (secondary N) is 1. The maximum atomic E-state index is 12.8. The first-order valence-corrected chi connectivity index (χ1v) is 9.81. The van der Waals surface area contributed by atoms with E-state index in [1.165, 1.54) is 4.68 Å². The number of carbonyl (C=O) groups is 1. The smallest absolute Gasteiger partial charge is 0.324 e. The zero-order chi connectivity index (χ0) is 21.0. The van der Waals surface area contributed by atoms with E-state index in [-0.39, 0.29) is 16.5 Å². The van der Waals surface area contributed by atoms with Crippen LogP contribution in [0.15, 0.2) is 47.6 Å². The fraction of sp³-hybridized carbons (Fsp3) is 0.222. The number of aromatic nitrogens is 4. The Morgan fingerprint density at radius 1 is 1.21 bits per heavy atom. The number of nitrogens with zero attached hydrogens (tertiary/aromatic N) is 4. The number of amides is 1. The number of tetrazole rings is 1. The van der Waals surface area contributed by atoms with Crippen LogP contribution in [0.5, 0.6) is 0 Å². The van der Waals surface area contributed by atoms with Gasteiger partial charge >= 0.3 is 6.18 Å². The molecule has 1 heterocycles. The predicted octanol–water partition coefficient (Wildman–Crippen LogP) is 4.63. The maximum Gasteiger partial charge on any atom is 0.416 e. The highest BCUT2D eigenvalue weighted by Crippen LogP contribution is 2.34. The molecular weight excluding hydrogens is 427 g/mol. The standard InChI is InChI=1S/C18H15ClF3N5OS/c1-2-11-3-6-13(7-4-11)27-17(24-25-26-27)29-10-16(28)23-15-9-12(18(20,21)22)5-8-14(15)19/h3-9H,2,10H2,1H3,(H,23,28). The van der Waals surface area contributed by atoms with Gasteiger partial charge in [0.05, 0.1) is 27.7 Å². The van der Waals surface area contributed by atoms with Gasteiger partial charge in [0.25, 0.3) is 0 Å². The van der Waals surface area contributed by atoms with Gasteiger partial charge in [0.2, 0.25) is 11.1 Å². The lowest BCUT2D eigenvalue weighted by Gasteiger charge is -2.11. The largest absolute Gasteiger partial charge is 0.416 e. The molecule has 0 radical (unpaired) electrons. The number of hydrogen-bond donors (Lipinski definition) is 1. The van der Waals surface area contributed by atoms with Crippen molar-refractivity contribution in [1.29, 1.82) is 0 Å². The van der Waals surface area contributed by atoms with Gasteiger partial charge in [0.15, 0.2) is 0 Å². The van der Waals surface area contributed by atoms with Crippen LogP contribution in [0.25, 0.3) is 5.69 Å². The molecule has 0 saturated heterocycles. The second kappa shape index (κ2) is 8.83. The van der Waals surface area contributed by atoms with Crippen molar-refractivity contribution < 1.29 is 18.0 Å². The van der Waals surface area contributed by atoms with E-state index in [9.17, 15) is 18.0 Å². The third-order valence-electron chi connectivity index (χ3n) is 3.93. The van der Waals surface area contributed by atoms with E-state index in [4.69, 9.17) is 11.6 Å². The summed E-state index contributed by atoms with van der Waals surface area (Å²) >= 11 is 6.95. The third-order valence-corrected chi connectivity index (χ3v) is 5.18. The minimum atomic E-state index is -4.53. The number of hydrogen-bond acceptors (Lipinski definition) is 5. The maximum absolute atomic E-state index is 12.8. The van der Waals surface area contributed by atoms with Crippen molar-refractivity contribution in [3.05, 3.63) is 58.6 Å². The third kappa shape index (κ3) is 5.27. The minimum Gasteiger partial charge on any atom is -0.324 e. The van der Waals surface area contributed by atoms with Gasteiger partial charge in [-0.05, 0) is 52.7 Å². The molecule has 11 heteroatoms. The quantitative estimate of drug-likeness (QED) is 0.565. The summed E-state index contributed by atoms with van der Waals surface area (Å²) in [6.07, 6.45) is -3.63. The Morgan fingerprint density at radius 3 is 2.59 bits per heavy atom. The normalized spacial score (nSPS) is 11.5. The Kier molecular flexibility index (Phi) is 6.43. The molecule has 3 rings (SSSR count). The van der Waals surface area contributed by atoms with Crippen molar-refractivity contribution >= 4 is 35.0 Å². The summed E-state index contributed by atoms with van der Waals surface area (Å²) in [5.41, 5.74) is 0.885. The number of thioether (sulfide) groups is 1. The first kappa shape index (κ1) is 21.1. The topological polar surface area (TPSA) is 72.7 Å². The summed E-state index contributed by atoms with van der Waals surface area (Å²) < 4.78 is 40.0. The van der Waals surface area contributed by atoms with Gasteiger partial charge in [-0.2, -0.15) is 17.9 Å². The molecule has 0 aliphatic heterocycles. The number of aryl methyl sites for hydroxylation is 1. The molecule has 0 spiro atoms. The zero-order valence-corrected chi connectivity index (χ0v) is 16.6. The Balaban J connectivity index is 1.67. The molecule has 29 heavy (non-hydrogen) atoms. The Morgan fingerprint density at radius 2 is 1.93 bits per heavy atom. The summed E-state index contributed by atoms with van der Waals surface area (Å²) in [4.78, 5) is 12.2. The molecule has 0 aliphatic carbocycles. The molecule has 2 aromatic carbocycles. The van der Waals surface area contributed by atoms with Crippen molar-refractivity contribution in [2.45, 2.75) is 24.7 Å². The van der Waals surface area contributed by atoms with Crippen molar-refractivity contribution in [3.8, 4) is 5.69 Å². The number of benzene rings is 2. The van der Waals surface area contributed by atoms with E-state index >= 15 is 0 Å². The monoisotopic (exact) mass is 441 g/mol. The summed E-state index contributed by atoms with van der Waals surface area (Å²) in [7, 11) is 0. The fourth-order valence-electron chi connectivity index (χ4n) is 2.42. The molecular formula is C18H15ClF3N5OS. The van der Waals surface area contributed by atoms with E-state index in [1.54, 1.807) is 0 Å². The summed E-state index contributed by atoms with van der Waals surface area (Å²) in [6.45, 7) is 2.04. The summed E-state index contributed by atoms with van der Waals surface area (Å²) in [5, 5.41) is 14.2. The highest BCUT2D eigenvalue weighted by Gasteiger charge is 2.31. The molecule has 0 aliphatic rings. The molecule has 1 N–H and O–H groups in total. The van der Waals surface area contributed by atoms with Gasteiger partial charge in [0, 0.05) is 0 Å². The van der Waals surface area contributed by atoms with Gasteiger partial charge in [-0.1, -0.05) is 42.4 Å². The van der Waals surface area contributed by atoms with E-state index in [2.05, 4.69) is 20.8 Å². The number of rotatable bonds is 6. The van der Waals surface area contributed by atoms with Crippen LogP contribution in [-0.4, -0.2) is 31.9 Å². The first-order valence-electron chi connectivity index (χ1n) is 8.45. The highest BCUT2D eigenvalue weighted by atomic mass is 35.5. The van der Waals surface area contributed by atoms with E-state index in [1.807, 2.05) is 31.2 Å². The van der Waals surface area contributed by atoms with Crippen molar-refractivity contribution in [1.82, 2.24) is 20.2 Å². The van der Waals surface area contributed by atoms with Crippen LogP contribution in [0.2, 0.25) is 5.02 Å². The molecule has 0 bridgehead atoms. The van der Waals surface area contributed by atoms with Crippen LogP contribution in [0, 0.1) is 0 Å². The van der Waals surface area contributed by atoms with E-state index < -0.39 is 17.6 Å². The molecule has 1 amide bonds. The van der Waals surface area contributed by atoms with Crippen molar-refractivity contribution in [3.63, 3.8) is 0 Å². The SMILES string of the molecule is CCc1ccc(-n2nnnc2SCC(=O)Nc2cc(C(F)(F)F)ccc2Cl)cc1. The van der Waals surface area contributed by atoms with Gasteiger partial charge < -0.3 is 5.32 Å². The van der Waals surface area contributed by atoms with Crippen LogP contribution in [0.1, 0.15) is 18.1 Å². The van der Waals surface area contributed by atoms with Crippen LogP contribution < -0.4 is 5.32 Å². The Labute approximate surface area is 173 Å². The molecule has 0 unspecified atom stereocenters. The van der Waals surface area contributed by atoms with Gasteiger partial charge in [0.1, 0.15) is 0 Å². The number of halogens is 4. The molecule has 6 nitrogen and oxygen atoms in total. The van der Waals surface area contributed by atoms with E-state index in [0.717, 1.165) is 47.6 Å². The minimum absolute atomic E-state index is 0.0113. The molecule has 1 aromatic heterocycles. The predicted molar refractivity (Wildman–Crippen MR) is 104 cm³/mol. The van der Waals surface area contributed by atoms with Crippen molar-refractivity contribution in [2.24, 2.45) is 0 Å². The van der Waals surface area contributed by atoms with Crippen LogP contribution in [0.4, 0.5) is 18.9 Å². The summed E-state index contributed by atoms with van der Waals surface area (Å²) in [6, 6.07) is 10.4. The van der Waals surface area contributed by atoms with Gasteiger partial charge in [-0.3, -0.25) is 4.79 Å². The first-order chi connectivity index (χ1) is 13.8. The Hall–Kier alpha value is -2.59. The average Bonchev–Trinajstić information content (AvgIpc) is 3.16. The number of carbonyl (C=O) groups excluding carboxylic acids is 1. The van der Waals surface area contributed by atoms with Gasteiger partial charge in [-0.25, -0.2) is 0 Å². The second-order valence-corrected chi connectivity index (χ2v) is 7.27. The molecule has 3 aromatic rings. The lowest BCUT2D eigenvalue weighted by molar-refractivity contribution is -0.137. The molecule has 0 atom stereocenters.